The minimum atomic E-state index is -3.54. The lowest BCUT2D eigenvalue weighted by atomic mass is 10.1. The lowest BCUT2D eigenvalue weighted by molar-refractivity contribution is 0.476. The predicted molar refractivity (Wildman–Crippen MR) is 64.7 cm³/mol. The number of aromatic nitrogens is 2. The van der Waals surface area contributed by atoms with E-state index in [9.17, 15) is 8.42 Å². The molecular formula is C10H18N4O2S. The van der Waals surface area contributed by atoms with E-state index in [0.29, 0.717) is 5.92 Å². The minimum absolute atomic E-state index is 0.0135. The van der Waals surface area contributed by atoms with Crippen LogP contribution in [0.15, 0.2) is 11.1 Å². The molecule has 7 heteroatoms. The molecular weight excluding hydrogens is 240 g/mol. The van der Waals surface area contributed by atoms with Gasteiger partial charge >= 0.3 is 0 Å². The molecule has 2 unspecified atom stereocenters. The first-order valence-corrected chi connectivity index (χ1v) is 7.20. The number of nitrogens with one attached hydrogen (secondary N) is 1. The highest BCUT2D eigenvalue weighted by molar-refractivity contribution is 7.89. The Labute approximate surface area is 101 Å². The Morgan fingerprint density at radius 2 is 2.24 bits per heavy atom. The highest BCUT2D eigenvalue weighted by Gasteiger charge is 2.30. The lowest BCUT2D eigenvalue weighted by Gasteiger charge is -2.16. The van der Waals surface area contributed by atoms with Crippen LogP contribution in [0, 0.1) is 5.92 Å². The van der Waals surface area contributed by atoms with Crippen molar-refractivity contribution in [3.63, 3.8) is 0 Å². The van der Waals surface area contributed by atoms with E-state index in [2.05, 4.69) is 16.7 Å². The number of hydrogen-bond acceptors (Lipinski definition) is 4. The van der Waals surface area contributed by atoms with Crippen molar-refractivity contribution in [1.29, 1.82) is 0 Å². The minimum Gasteiger partial charge on any atom is -0.381 e. The summed E-state index contributed by atoms with van der Waals surface area (Å²) >= 11 is 0. The highest BCUT2D eigenvalue weighted by atomic mass is 32.2. The molecule has 3 N–H and O–H groups in total. The number of nitrogen functional groups attached to an aromatic ring is 1. The molecule has 1 fully saturated rings. The molecule has 96 valence electrons. The van der Waals surface area contributed by atoms with Gasteiger partial charge in [0.2, 0.25) is 10.0 Å². The van der Waals surface area contributed by atoms with Crippen molar-refractivity contribution in [2.24, 2.45) is 13.0 Å². The van der Waals surface area contributed by atoms with Gasteiger partial charge in [0.25, 0.3) is 0 Å². The molecule has 2 rings (SSSR count). The first-order chi connectivity index (χ1) is 7.90. The van der Waals surface area contributed by atoms with E-state index in [1.807, 2.05) is 0 Å². The van der Waals surface area contributed by atoms with Crippen LogP contribution in [0.1, 0.15) is 26.2 Å². The first kappa shape index (κ1) is 12.4. The Morgan fingerprint density at radius 1 is 1.53 bits per heavy atom. The topological polar surface area (TPSA) is 90.0 Å². The Bertz CT molecular complexity index is 508. The molecule has 1 aliphatic carbocycles. The summed E-state index contributed by atoms with van der Waals surface area (Å²) in [5.74, 6) is 0.424. The van der Waals surface area contributed by atoms with Gasteiger partial charge < -0.3 is 5.73 Å². The van der Waals surface area contributed by atoms with Gasteiger partial charge in [-0.25, -0.2) is 13.1 Å². The molecule has 1 aromatic rings. The molecule has 1 aromatic heterocycles. The van der Waals surface area contributed by atoms with E-state index in [4.69, 9.17) is 5.73 Å². The second kappa shape index (κ2) is 4.30. The monoisotopic (exact) mass is 258 g/mol. The SMILES string of the molecule is CC1CCCC1NS(=O)(=O)c1cn(C)nc1N. The average Bonchev–Trinajstić information content (AvgIpc) is 2.74. The molecule has 1 aliphatic rings. The Morgan fingerprint density at radius 3 is 2.71 bits per heavy atom. The predicted octanol–water partition coefficient (Wildman–Crippen LogP) is 0.469. The van der Waals surface area contributed by atoms with Crippen LogP contribution in [0.4, 0.5) is 5.82 Å². The Balaban J connectivity index is 2.22. The zero-order valence-corrected chi connectivity index (χ0v) is 10.9. The van der Waals surface area contributed by atoms with Crippen molar-refractivity contribution in [2.45, 2.75) is 37.1 Å². The standard InChI is InChI=1S/C10H18N4O2S/c1-7-4-3-5-8(7)13-17(15,16)9-6-14(2)12-10(9)11/h6-8,13H,3-5H2,1-2H3,(H2,11,12). The molecule has 1 saturated carbocycles. The number of rotatable bonds is 3. The van der Waals surface area contributed by atoms with Gasteiger partial charge in [0.15, 0.2) is 5.82 Å². The van der Waals surface area contributed by atoms with Gasteiger partial charge in [0.05, 0.1) is 0 Å². The van der Waals surface area contributed by atoms with Crippen molar-refractivity contribution < 1.29 is 8.42 Å². The summed E-state index contributed by atoms with van der Waals surface area (Å²) in [5, 5.41) is 3.85. The molecule has 6 nitrogen and oxygen atoms in total. The second-order valence-electron chi connectivity index (χ2n) is 4.69. The largest absolute Gasteiger partial charge is 0.381 e. The summed E-state index contributed by atoms with van der Waals surface area (Å²) in [5.41, 5.74) is 5.59. The van der Waals surface area contributed by atoms with Gasteiger partial charge in [-0.05, 0) is 18.8 Å². The maximum absolute atomic E-state index is 12.1. The number of hydrogen-bond donors (Lipinski definition) is 2. The average molecular weight is 258 g/mol. The number of anilines is 1. The lowest BCUT2D eigenvalue weighted by Crippen LogP contribution is -2.36. The fourth-order valence-corrected chi connectivity index (χ4v) is 3.76. The number of sulfonamides is 1. The smallest absolute Gasteiger partial charge is 0.246 e. The fourth-order valence-electron chi connectivity index (χ4n) is 2.27. The molecule has 0 saturated heterocycles. The zero-order valence-electron chi connectivity index (χ0n) is 10.0. The number of nitrogens with two attached hydrogens (primary N) is 1. The maximum Gasteiger partial charge on any atom is 0.246 e. The molecule has 0 amide bonds. The normalized spacial score (nSPS) is 25.3. The molecule has 2 atom stereocenters. The van der Waals surface area contributed by atoms with Crippen molar-refractivity contribution in [3.05, 3.63) is 6.20 Å². The zero-order chi connectivity index (χ0) is 12.6. The number of nitrogens with zero attached hydrogens (tertiary/aromatic N) is 2. The summed E-state index contributed by atoms with van der Waals surface area (Å²) in [6, 6.07) is 0.0135. The molecule has 1 heterocycles. The first-order valence-electron chi connectivity index (χ1n) is 5.71. The third-order valence-electron chi connectivity index (χ3n) is 3.28. The fraction of sp³-hybridized carbons (Fsp3) is 0.700. The Kier molecular flexibility index (Phi) is 3.13. The van der Waals surface area contributed by atoms with Gasteiger partial charge in [0.1, 0.15) is 4.90 Å². The van der Waals surface area contributed by atoms with Crippen LogP contribution >= 0.6 is 0 Å². The maximum atomic E-state index is 12.1. The van der Waals surface area contributed by atoms with Crippen molar-refractivity contribution >= 4 is 15.8 Å². The second-order valence-corrected chi connectivity index (χ2v) is 6.37. The van der Waals surface area contributed by atoms with Crippen molar-refractivity contribution in [1.82, 2.24) is 14.5 Å². The third-order valence-corrected chi connectivity index (χ3v) is 4.79. The van der Waals surface area contributed by atoms with Crippen LogP contribution in [0.2, 0.25) is 0 Å². The van der Waals surface area contributed by atoms with Crippen molar-refractivity contribution in [3.8, 4) is 0 Å². The van der Waals surface area contributed by atoms with Gasteiger partial charge in [-0.3, -0.25) is 4.68 Å². The third kappa shape index (κ3) is 2.44. The van der Waals surface area contributed by atoms with Gasteiger partial charge in [-0.1, -0.05) is 13.3 Å². The van der Waals surface area contributed by atoms with E-state index in [1.54, 1.807) is 7.05 Å². The summed E-state index contributed by atoms with van der Waals surface area (Å²) < 4.78 is 28.4. The molecule has 0 spiro atoms. The van der Waals surface area contributed by atoms with Crippen LogP contribution in [0.5, 0.6) is 0 Å². The van der Waals surface area contributed by atoms with Gasteiger partial charge in [-0.15, -0.1) is 0 Å². The van der Waals surface area contributed by atoms with Crippen LogP contribution in [0.25, 0.3) is 0 Å². The van der Waals surface area contributed by atoms with Crippen LogP contribution < -0.4 is 10.5 Å². The van der Waals surface area contributed by atoms with E-state index in [0.717, 1.165) is 19.3 Å². The van der Waals surface area contributed by atoms with Crippen LogP contribution in [-0.4, -0.2) is 24.2 Å². The molecule has 17 heavy (non-hydrogen) atoms. The van der Waals surface area contributed by atoms with Crippen LogP contribution in [-0.2, 0) is 17.1 Å². The van der Waals surface area contributed by atoms with E-state index in [-0.39, 0.29) is 16.8 Å². The molecule has 0 aromatic carbocycles. The van der Waals surface area contributed by atoms with Crippen LogP contribution in [0.3, 0.4) is 0 Å². The summed E-state index contributed by atoms with van der Waals surface area (Å²) in [6.45, 7) is 2.06. The van der Waals surface area contributed by atoms with E-state index < -0.39 is 10.0 Å². The quantitative estimate of drug-likeness (QED) is 0.824. The molecule has 0 aliphatic heterocycles. The molecule has 0 bridgehead atoms. The summed E-state index contributed by atoms with van der Waals surface area (Å²) in [7, 11) is -1.90. The Hall–Kier alpha value is -1.08. The molecule has 0 radical (unpaired) electrons. The van der Waals surface area contributed by atoms with E-state index >= 15 is 0 Å². The summed E-state index contributed by atoms with van der Waals surface area (Å²) in [4.78, 5) is 0.0686. The highest BCUT2D eigenvalue weighted by Crippen LogP contribution is 2.27. The summed E-state index contributed by atoms with van der Waals surface area (Å²) in [6.07, 6.45) is 4.45. The van der Waals surface area contributed by atoms with Gasteiger partial charge in [0, 0.05) is 19.3 Å². The van der Waals surface area contributed by atoms with E-state index in [1.165, 1.54) is 10.9 Å². The number of aryl methyl sites for hydroxylation is 1. The van der Waals surface area contributed by atoms with Gasteiger partial charge in [-0.2, -0.15) is 5.10 Å². The van der Waals surface area contributed by atoms with Crippen molar-refractivity contribution in [2.75, 3.05) is 5.73 Å².